The molecule has 2 atom stereocenters. The summed E-state index contributed by atoms with van der Waals surface area (Å²) in [6.45, 7) is 0. The van der Waals surface area contributed by atoms with Gasteiger partial charge in [0.15, 0.2) is 11.7 Å². The van der Waals surface area contributed by atoms with Gasteiger partial charge in [0, 0.05) is 6.07 Å². The number of carboxylic acids is 1. The van der Waals surface area contributed by atoms with Gasteiger partial charge in [0.25, 0.3) is 0 Å². The zero-order chi connectivity index (χ0) is 13.6. The van der Waals surface area contributed by atoms with E-state index in [2.05, 4.69) is 4.98 Å². The smallest absolute Gasteiger partial charge is 0.332 e. The first-order chi connectivity index (χ1) is 9.04. The Balaban J connectivity index is 1.92. The Kier molecular flexibility index (Phi) is 2.91. The molecule has 1 N–H and O–H groups in total. The van der Waals surface area contributed by atoms with Gasteiger partial charge in [0.1, 0.15) is 17.4 Å². The number of hydrogen-bond donors (Lipinski definition) is 1. The van der Waals surface area contributed by atoms with Crippen molar-refractivity contribution in [3.05, 3.63) is 28.9 Å². The Bertz CT molecular complexity index is 617. The highest BCUT2D eigenvalue weighted by molar-refractivity contribution is 6.31. The van der Waals surface area contributed by atoms with Crippen molar-refractivity contribution in [1.29, 1.82) is 0 Å². The van der Waals surface area contributed by atoms with E-state index in [0.29, 0.717) is 18.4 Å². The van der Waals surface area contributed by atoms with E-state index in [1.807, 2.05) is 0 Å². The molecule has 1 aromatic heterocycles. The van der Waals surface area contributed by atoms with Crippen LogP contribution < -0.4 is 0 Å². The first-order valence-corrected chi connectivity index (χ1v) is 6.06. The third-order valence-corrected chi connectivity index (χ3v) is 3.31. The van der Waals surface area contributed by atoms with Crippen LogP contribution in [0.2, 0.25) is 5.02 Å². The molecule has 100 valence electrons. The number of oxazole rings is 1. The molecule has 0 amide bonds. The lowest BCUT2D eigenvalue weighted by Crippen LogP contribution is -2.18. The summed E-state index contributed by atoms with van der Waals surface area (Å²) >= 11 is 5.66. The molecule has 0 bridgehead atoms. The third kappa shape index (κ3) is 2.17. The Morgan fingerprint density at radius 3 is 2.95 bits per heavy atom. The van der Waals surface area contributed by atoms with E-state index in [9.17, 15) is 9.18 Å². The number of hydrogen-bond acceptors (Lipinski definition) is 4. The minimum atomic E-state index is -1.01. The predicted molar refractivity (Wildman–Crippen MR) is 63.5 cm³/mol. The first kappa shape index (κ1) is 12.4. The van der Waals surface area contributed by atoms with Crippen LogP contribution in [0.1, 0.15) is 24.8 Å². The number of benzene rings is 1. The van der Waals surface area contributed by atoms with E-state index in [-0.39, 0.29) is 16.5 Å². The lowest BCUT2D eigenvalue weighted by Gasteiger charge is -2.06. The van der Waals surface area contributed by atoms with Crippen LogP contribution in [0.3, 0.4) is 0 Å². The quantitative estimate of drug-likeness (QED) is 0.918. The van der Waals surface area contributed by atoms with Crippen LogP contribution in [-0.4, -0.2) is 22.2 Å². The van der Waals surface area contributed by atoms with Gasteiger partial charge in [0.05, 0.1) is 5.02 Å². The highest BCUT2D eigenvalue weighted by Crippen LogP contribution is 2.34. The normalized spacial score (nSPS) is 23.1. The maximum atomic E-state index is 13.3. The Morgan fingerprint density at radius 2 is 2.26 bits per heavy atom. The molecular formula is C12H9ClFNO4. The molecule has 2 unspecified atom stereocenters. The lowest BCUT2D eigenvalue weighted by atomic mass is 10.2. The monoisotopic (exact) mass is 285 g/mol. The summed E-state index contributed by atoms with van der Waals surface area (Å²) in [5.41, 5.74) is 0.683. The van der Waals surface area contributed by atoms with Crippen LogP contribution in [0.15, 0.2) is 16.5 Å². The molecule has 7 heteroatoms. The van der Waals surface area contributed by atoms with E-state index in [4.69, 9.17) is 25.9 Å². The number of nitrogens with zero attached hydrogens (tertiary/aromatic N) is 1. The van der Waals surface area contributed by atoms with Crippen LogP contribution in [-0.2, 0) is 9.53 Å². The molecule has 0 saturated carbocycles. The number of aliphatic carboxylic acids is 1. The van der Waals surface area contributed by atoms with Crippen molar-refractivity contribution in [1.82, 2.24) is 4.98 Å². The largest absolute Gasteiger partial charge is 0.479 e. The van der Waals surface area contributed by atoms with E-state index >= 15 is 0 Å². The summed E-state index contributed by atoms with van der Waals surface area (Å²) in [7, 11) is 0. The van der Waals surface area contributed by atoms with Crippen LogP contribution in [0.4, 0.5) is 4.39 Å². The van der Waals surface area contributed by atoms with Gasteiger partial charge in [-0.25, -0.2) is 14.2 Å². The number of fused-ring (bicyclic) bond motifs is 1. The highest BCUT2D eigenvalue weighted by Gasteiger charge is 2.34. The summed E-state index contributed by atoms with van der Waals surface area (Å²) in [6, 6.07) is 2.51. The topological polar surface area (TPSA) is 72.6 Å². The highest BCUT2D eigenvalue weighted by atomic mass is 35.5. The summed E-state index contributed by atoms with van der Waals surface area (Å²) in [4.78, 5) is 15.0. The molecular weight excluding hydrogens is 277 g/mol. The van der Waals surface area contributed by atoms with Gasteiger partial charge in [-0.2, -0.15) is 0 Å². The first-order valence-electron chi connectivity index (χ1n) is 5.68. The third-order valence-electron chi connectivity index (χ3n) is 3.02. The molecule has 0 spiro atoms. The van der Waals surface area contributed by atoms with Crippen LogP contribution in [0.25, 0.3) is 11.1 Å². The second kappa shape index (κ2) is 4.47. The molecule has 1 aromatic carbocycles. The van der Waals surface area contributed by atoms with E-state index in [1.165, 1.54) is 6.07 Å². The Morgan fingerprint density at radius 1 is 1.47 bits per heavy atom. The molecule has 3 rings (SSSR count). The average Bonchev–Trinajstić information content (AvgIpc) is 2.95. The van der Waals surface area contributed by atoms with Crippen molar-refractivity contribution >= 4 is 28.7 Å². The van der Waals surface area contributed by atoms with Gasteiger partial charge >= 0.3 is 5.97 Å². The zero-order valence-corrected chi connectivity index (χ0v) is 10.4. The number of halogens is 2. The average molecular weight is 286 g/mol. The standard InChI is InChI=1S/C12H9ClFNO4/c13-5-3-7-10(4-6(5)14)19-11(15-7)8-1-2-9(18-8)12(16)17/h3-4,8-9H,1-2H2,(H,16,17). The van der Waals surface area contributed by atoms with Crippen molar-refractivity contribution in [3.63, 3.8) is 0 Å². The SMILES string of the molecule is O=C(O)C1CCC(c2nc3cc(Cl)c(F)cc3o2)O1. The van der Waals surface area contributed by atoms with Gasteiger partial charge < -0.3 is 14.3 Å². The van der Waals surface area contributed by atoms with Gasteiger partial charge in [-0.05, 0) is 18.9 Å². The van der Waals surface area contributed by atoms with E-state index in [1.54, 1.807) is 0 Å². The Hall–Kier alpha value is -1.66. The number of ether oxygens (including phenoxy) is 1. The summed E-state index contributed by atoms with van der Waals surface area (Å²) < 4.78 is 24.0. The molecule has 1 aliphatic rings. The molecule has 19 heavy (non-hydrogen) atoms. The maximum Gasteiger partial charge on any atom is 0.332 e. The summed E-state index contributed by atoms with van der Waals surface area (Å²) in [5, 5.41) is 8.81. The number of rotatable bonds is 2. The summed E-state index contributed by atoms with van der Waals surface area (Å²) in [5.74, 6) is -1.35. The molecule has 2 aromatic rings. The number of carbonyl (C=O) groups is 1. The molecule has 0 radical (unpaired) electrons. The fraction of sp³-hybridized carbons (Fsp3) is 0.333. The molecule has 1 saturated heterocycles. The van der Waals surface area contributed by atoms with Crippen LogP contribution >= 0.6 is 11.6 Å². The fourth-order valence-electron chi connectivity index (χ4n) is 2.08. The van der Waals surface area contributed by atoms with Crippen molar-refractivity contribution in [2.45, 2.75) is 25.0 Å². The van der Waals surface area contributed by atoms with E-state index in [0.717, 1.165) is 6.07 Å². The second-order valence-electron chi connectivity index (χ2n) is 4.32. The molecule has 1 fully saturated rings. The van der Waals surface area contributed by atoms with Gasteiger partial charge in [-0.3, -0.25) is 0 Å². The summed E-state index contributed by atoms with van der Waals surface area (Å²) in [6.07, 6.45) is -0.468. The van der Waals surface area contributed by atoms with Gasteiger partial charge in [0.2, 0.25) is 5.89 Å². The van der Waals surface area contributed by atoms with Crippen molar-refractivity contribution in [2.75, 3.05) is 0 Å². The predicted octanol–water partition coefficient (Wildman–Crippen LogP) is 2.93. The molecule has 0 aliphatic carbocycles. The van der Waals surface area contributed by atoms with Crippen molar-refractivity contribution < 1.29 is 23.4 Å². The zero-order valence-electron chi connectivity index (χ0n) is 9.60. The van der Waals surface area contributed by atoms with Crippen molar-refractivity contribution in [2.24, 2.45) is 0 Å². The maximum absolute atomic E-state index is 13.3. The van der Waals surface area contributed by atoms with Crippen LogP contribution in [0.5, 0.6) is 0 Å². The molecule has 5 nitrogen and oxygen atoms in total. The van der Waals surface area contributed by atoms with Gasteiger partial charge in [-0.1, -0.05) is 11.6 Å². The van der Waals surface area contributed by atoms with Crippen molar-refractivity contribution in [3.8, 4) is 0 Å². The number of aromatic nitrogens is 1. The molecule has 2 heterocycles. The van der Waals surface area contributed by atoms with Gasteiger partial charge in [-0.15, -0.1) is 0 Å². The molecule has 1 aliphatic heterocycles. The second-order valence-corrected chi connectivity index (χ2v) is 4.72. The lowest BCUT2D eigenvalue weighted by molar-refractivity contribution is -0.149. The van der Waals surface area contributed by atoms with Crippen LogP contribution in [0, 0.1) is 5.82 Å². The fourth-order valence-corrected chi connectivity index (χ4v) is 2.24. The number of carboxylic acid groups (broad SMARTS) is 1. The van der Waals surface area contributed by atoms with E-state index < -0.39 is 24.0 Å². The minimum Gasteiger partial charge on any atom is -0.479 e. The Labute approximate surface area is 111 Å². The minimum absolute atomic E-state index is 0.0388.